The van der Waals surface area contributed by atoms with E-state index in [0.717, 1.165) is 22.8 Å². The first-order valence-electron chi connectivity index (χ1n) is 9.31. The quantitative estimate of drug-likeness (QED) is 0.814. The number of hydrogen-bond acceptors (Lipinski definition) is 5. The molecule has 2 N–H and O–H groups in total. The fraction of sp³-hybridized carbons (Fsp3) is 0.400. The Morgan fingerprint density at radius 3 is 2.46 bits per heavy atom. The van der Waals surface area contributed by atoms with Crippen molar-refractivity contribution in [3.63, 3.8) is 0 Å². The van der Waals surface area contributed by atoms with E-state index in [1.807, 2.05) is 44.2 Å². The lowest BCUT2D eigenvalue weighted by atomic mass is 10.1. The molecule has 0 aliphatic carbocycles. The van der Waals surface area contributed by atoms with Gasteiger partial charge in [-0.05, 0) is 19.4 Å². The molecular weight excluding hydrogens is 358 g/mol. The van der Waals surface area contributed by atoms with Gasteiger partial charge in [0.25, 0.3) is 0 Å². The van der Waals surface area contributed by atoms with Gasteiger partial charge < -0.3 is 20.2 Å². The van der Waals surface area contributed by atoms with Crippen LogP contribution in [0.15, 0.2) is 36.5 Å². The summed E-state index contributed by atoms with van der Waals surface area (Å²) in [7, 11) is 0. The van der Waals surface area contributed by atoms with Crippen LogP contribution >= 0.6 is 0 Å². The number of carbonyl (C=O) groups excluding carboxylic acids is 1. The van der Waals surface area contributed by atoms with Crippen LogP contribution < -0.4 is 10.2 Å². The Morgan fingerprint density at radius 2 is 1.82 bits per heavy atom. The number of carbonyl (C=O) groups is 2. The van der Waals surface area contributed by atoms with Crippen molar-refractivity contribution in [3.05, 3.63) is 53.5 Å². The standard InChI is InChI=1S/C20H25N5O3/c1-14-13-21-15(2)18(22-14)24-8-10-25(11-9-24)20(28)23-17(19(26)27)12-16-6-4-3-5-7-16/h3-7,13,17H,8-12H2,1-2H3,(H,23,28)(H,26,27). The molecule has 2 amide bonds. The van der Waals surface area contributed by atoms with E-state index in [0.29, 0.717) is 26.2 Å². The number of amides is 2. The maximum atomic E-state index is 12.6. The van der Waals surface area contributed by atoms with E-state index in [4.69, 9.17) is 0 Å². The zero-order valence-electron chi connectivity index (χ0n) is 16.1. The van der Waals surface area contributed by atoms with E-state index in [1.165, 1.54) is 0 Å². The van der Waals surface area contributed by atoms with E-state index in [1.54, 1.807) is 11.1 Å². The predicted molar refractivity (Wildman–Crippen MR) is 105 cm³/mol. The Morgan fingerprint density at radius 1 is 1.14 bits per heavy atom. The molecule has 1 atom stereocenters. The van der Waals surface area contributed by atoms with Gasteiger partial charge in [-0.2, -0.15) is 0 Å². The van der Waals surface area contributed by atoms with E-state index in [9.17, 15) is 14.7 Å². The third-order valence-corrected chi connectivity index (χ3v) is 4.80. The highest BCUT2D eigenvalue weighted by Crippen LogP contribution is 2.17. The Kier molecular flexibility index (Phi) is 6.08. The summed E-state index contributed by atoms with van der Waals surface area (Å²) in [4.78, 5) is 36.8. The number of benzene rings is 1. The first kappa shape index (κ1) is 19.6. The molecule has 28 heavy (non-hydrogen) atoms. The van der Waals surface area contributed by atoms with Gasteiger partial charge in [-0.1, -0.05) is 30.3 Å². The molecule has 8 nitrogen and oxygen atoms in total. The zero-order valence-corrected chi connectivity index (χ0v) is 16.1. The summed E-state index contributed by atoms with van der Waals surface area (Å²) >= 11 is 0. The molecule has 8 heteroatoms. The number of aromatic nitrogens is 2. The third-order valence-electron chi connectivity index (χ3n) is 4.80. The largest absolute Gasteiger partial charge is 0.480 e. The smallest absolute Gasteiger partial charge is 0.326 e. The average Bonchev–Trinajstić information content (AvgIpc) is 2.70. The van der Waals surface area contributed by atoms with E-state index in [2.05, 4.69) is 20.2 Å². The van der Waals surface area contributed by atoms with Crippen molar-refractivity contribution >= 4 is 17.8 Å². The highest BCUT2D eigenvalue weighted by Gasteiger charge is 2.27. The molecule has 2 aromatic rings. The van der Waals surface area contributed by atoms with Crippen LogP contribution in [0, 0.1) is 13.8 Å². The molecule has 1 unspecified atom stereocenters. The summed E-state index contributed by atoms with van der Waals surface area (Å²) in [5.74, 6) is -0.200. The number of piperazine rings is 1. The predicted octanol–water partition coefficient (Wildman–Crippen LogP) is 1.62. The van der Waals surface area contributed by atoms with Gasteiger partial charge in [0, 0.05) is 38.8 Å². The van der Waals surface area contributed by atoms with Crippen molar-refractivity contribution in [1.82, 2.24) is 20.2 Å². The lowest BCUT2D eigenvalue weighted by Crippen LogP contribution is -2.55. The molecule has 2 heterocycles. The Balaban J connectivity index is 1.58. The number of anilines is 1. The SMILES string of the molecule is Cc1cnc(C)c(N2CCN(C(=O)NC(Cc3ccccc3)C(=O)O)CC2)n1. The molecule has 1 saturated heterocycles. The molecule has 0 spiro atoms. The molecule has 0 radical (unpaired) electrons. The first-order chi connectivity index (χ1) is 13.4. The fourth-order valence-electron chi connectivity index (χ4n) is 3.24. The molecule has 0 saturated carbocycles. The van der Waals surface area contributed by atoms with Gasteiger partial charge in [-0.3, -0.25) is 4.98 Å². The molecule has 1 aromatic heterocycles. The van der Waals surface area contributed by atoms with Crippen molar-refractivity contribution in [1.29, 1.82) is 0 Å². The third kappa shape index (κ3) is 4.76. The van der Waals surface area contributed by atoms with Gasteiger partial charge in [0.05, 0.1) is 11.4 Å². The maximum absolute atomic E-state index is 12.6. The zero-order chi connectivity index (χ0) is 20.1. The molecule has 0 bridgehead atoms. The second-order valence-corrected chi connectivity index (χ2v) is 6.92. The maximum Gasteiger partial charge on any atom is 0.326 e. The summed E-state index contributed by atoms with van der Waals surface area (Å²) in [6, 6.07) is 7.97. The monoisotopic (exact) mass is 383 g/mol. The van der Waals surface area contributed by atoms with E-state index >= 15 is 0 Å². The minimum atomic E-state index is -1.04. The van der Waals surface area contributed by atoms with Gasteiger partial charge in [0.2, 0.25) is 0 Å². The van der Waals surface area contributed by atoms with Crippen LogP contribution in [0.2, 0.25) is 0 Å². The second-order valence-electron chi connectivity index (χ2n) is 6.92. The normalized spacial score (nSPS) is 15.2. The van der Waals surface area contributed by atoms with Crippen LogP contribution in [0.4, 0.5) is 10.6 Å². The number of aliphatic carboxylic acids is 1. The van der Waals surface area contributed by atoms with Crippen LogP contribution in [0.5, 0.6) is 0 Å². The van der Waals surface area contributed by atoms with Gasteiger partial charge >= 0.3 is 12.0 Å². The van der Waals surface area contributed by atoms with E-state index in [-0.39, 0.29) is 12.5 Å². The number of hydrogen-bond donors (Lipinski definition) is 2. The van der Waals surface area contributed by atoms with Crippen molar-refractivity contribution in [2.45, 2.75) is 26.3 Å². The van der Waals surface area contributed by atoms with Crippen molar-refractivity contribution in [2.75, 3.05) is 31.1 Å². The summed E-state index contributed by atoms with van der Waals surface area (Å²) in [6.45, 7) is 6.07. The summed E-state index contributed by atoms with van der Waals surface area (Å²) in [5, 5.41) is 12.1. The topological polar surface area (TPSA) is 98.7 Å². The number of carboxylic acids is 1. The van der Waals surface area contributed by atoms with Crippen molar-refractivity contribution < 1.29 is 14.7 Å². The number of aryl methyl sites for hydroxylation is 2. The Hall–Kier alpha value is -3.16. The molecule has 3 rings (SSSR count). The summed E-state index contributed by atoms with van der Waals surface area (Å²) in [5.41, 5.74) is 2.58. The highest BCUT2D eigenvalue weighted by atomic mass is 16.4. The van der Waals surface area contributed by atoms with Crippen molar-refractivity contribution in [2.24, 2.45) is 0 Å². The van der Waals surface area contributed by atoms with E-state index < -0.39 is 12.0 Å². The van der Waals surface area contributed by atoms with Gasteiger partial charge in [-0.15, -0.1) is 0 Å². The van der Waals surface area contributed by atoms with Crippen LogP contribution in [-0.2, 0) is 11.2 Å². The van der Waals surface area contributed by atoms with Crippen LogP contribution in [0.1, 0.15) is 17.0 Å². The van der Waals surface area contributed by atoms with Crippen LogP contribution in [-0.4, -0.2) is 64.2 Å². The number of urea groups is 1. The van der Waals surface area contributed by atoms with Gasteiger partial charge in [0.1, 0.15) is 11.9 Å². The second kappa shape index (κ2) is 8.69. The number of rotatable bonds is 5. The van der Waals surface area contributed by atoms with Crippen LogP contribution in [0.25, 0.3) is 0 Å². The number of nitrogens with one attached hydrogen (secondary N) is 1. The highest BCUT2D eigenvalue weighted by molar-refractivity contribution is 5.83. The Labute approximate surface area is 164 Å². The molecule has 1 aliphatic heterocycles. The summed E-state index contributed by atoms with van der Waals surface area (Å²) in [6.07, 6.45) is 1.99. The van der Waals surface area contributed by atoms with Gasteiger partial charge in [0.15, 0.2) is 0 Å². The molecule has 1 aliphatic rings. The fourth-order valence-corrected chi connectivity index (χ4v) is 3.24. The summed E-state index contributed by atoms with van der Waals surface area (Å²) < 4.78 is 0. The molecule has 148 valence electrons. The lowest BCUT2D eigenvalue weighted by Gasteiger charge is -2.36. The van der Waals surface area contributed by atoms with Crippen molar-refractivity contribution in [3.8, 4) is 0 Å². The lowest BCUT2D eigenvalue weighted by molar-refractivity contribution is -0.139. The van der Waals surface area contributed by atoms with Crippen LogP contribution in [0.3, 0.4) is 0 Å². The average molecular weight is 383 g/mol. The molecule has 1 fully saturated rings. The minimum absolute atomic E-state index is 0.250. The van der Waals surface area contributed by atoms with Gasteiger partial charge in [-0.25, -0.2) is 14.6 Å². The molecular formula is C20H25N5O3. The minimum Gasteiger partial charge on any atom is -0.480 e. The molecule has 1 aromatic carbocycles. The first-order valence-corrected chi connectivity index (χ1v) is 9.31. The number of carboxylic acid groups (broad SMARTS) is 1. The Bertz CT molecular complexity index is 835. The number of nitrogens with zero attached hydrogens (tertiary/aromatic N) is 4.